The molecule has 178 valence electrons. The van der Waals surface area contributed by atoms with Crippen molar-refractivity contribution in [2.45, 2.75) is 19.9 Å². The summed E-state index contributed by atoms with van der Waals surface area (Å²) in [5.74, 6) is 1.02. The Morgan fingerprint density at radius 3 is 2.54 bits per heavy atom. The molecule has 6 nitrogen and oxygen atoms in total. The van der Waals surface area contributed by atoms with Crippen LogP contribution in [0, 0.1) is 6.92 Å². The average molecular weight is 504 g/mol. The number of hydrogen-bond donors (Lipinski definition) is 0. The number of fused-ring (bicyclic) bond motifs is 2. The fraction of sp³-hybridized carbons (Fsp3) is 0.296. The molecule has 0 spiro atoms. The third-order valence-corrected chi connectivity index (χ3v) is 8.49. The van der Waals surface area contributed by atoms with E-state index in [1.165, 1.54) is 22.5 Å². The standard InChI is InChI=1S/C27H26ClN5OS/c1-18-23-25(33-10-9-19-5-2-3-6-20(19)16-33)29-17-30-26(23)35-24(18)27(34)32-13-11-31(12-14-32)22-8-4-7-21(28)15-22/h2-8,15,17H,9-14,16H2,1H3. The molecule has 1 saturated heterocycles. The second kappa shape index (κ2) is 9.13. The largest absolute Gasteiger partial charge is 0.368 e. The Labute approximate surface area is 213 Å². The van der Waals surface area contributed by atoms with Crippen molar-refractivity contribution in [3.63, 3.8) is 0 Å². The molecule has 2 aromatic heterocycles. The molecule has 1 amide bonds. The number of nitrogens with zero attached hydrogens (tertiary/aromatic N) is 5. The number of anilines is 2. The number of carbonyl (C=O) groups is 1. The summed E-state index contributed by atoms with van der Waals surface area (Å²) in [6.07, 6.45) is 2.62. The second-order valence-corrected chi connectivity index (χ2v) is 10.6. The van der Waals surface area contributed by atoms with Crippen LogP contribution in [0.15, 0.2) is 54.9 Å². The van der Waals surface area contributed by atoms with Crippen molar-refractivity contribution in [3.05, 3.63) is 81.4 Å². The molecule has 0 aliphatic carbocycles. The Bertz CT molecular complexity index is 1410. The van der Waals surface area contributed by atoms with Gasteiger partial charge in [-0.1, -0.05) is 41.9 Å². The number of rotatable bonds is 3. The first kappa shape index (κ1) is 22.3. The molecule has 0 radical (unpaired) electrons. The van der Waals surface area contributed by atoms with Gasteiger partial charge in [-0.2, -0.15) is 0 Å². The number of aromatic nitrogens is 2. The van der Waals surface area contributed by atoms with Crippen LogP contribution >= 0.6 is 22.9 Å². The first-order valence-corrected chi connectivity index (χ1v) is 13.1. The Morgan fingerprint density at radius 2 is 1.74 bits per heavy atom. The summed E-state index contributed by atoms with van der Waals surface area (Å²) in [5, 5.41) is 1.74. The van der Waals surface area contributed by atoms with Crippen LogP contribution in [0.2, 0.25) is 5.02 Å². The van der Waals surface area contributed by atoms with Crippen molar-refractivity contribution >= 4 is 50.6 Å². The van der Waals surface area contributed by atoms with Crippen LogP contribution in [-0.4, -0.2) is 53.5 Å². The molecule has 8 heteroatoms. The lowest BCUT2D eigenvalue weighted by molar-refractivity contribution is 0.0751. The lowest BCUT2D eigenvalue weighted by Crippen LogP contribution is -2.48. The van der Waals surface area contributed by atoms with Gasteiger partial charge in [0.1, 0.15) is 17.0 Å². The molecular weight excluding hydrogens is 478 g/mol. The number of carbonyl (C=O) groups excluding carboxylic acids is 1. The minimum absolute atomic E-state index is 0.0891. The quantitative estimate of drug-likeness (QED) is 0.385. The minimum Gasteiger partial charge on any atom is -0.368 e. The Kier molecular flexibility index (Phi) is 5.82. The molecule has 0 atom stereocenters. The van der Waals surface area contributed by atoms with Crippen LogP contribution in [0.1, 0.15) is 26.4 Å². The number of amides is 1. The maximum absolute atomic E-state index is 13.6. The molecule has 0 N–H and O–H groups in total. The third-order valence-electron chi connectivity index (χ3n) is 7.07. The van der Waals surface area contributed by atoms with Gasteiger partial charge in [0.25, 0.3) is 5.91 Å². The molecule has 0 saturated carbocycles. The fourth-order valence-electron chi connectivity index (χ4n) is 5.16. The van der Waals surface area contributed by atoms with E-state index in [1.807, 2.05) is 30.0 Å². The van der Waals surface area contributed by atoms with E-state index in [-0.39, 0.29) is 5.91 Å². The number of thiophene rings is 1. The first-order valence-electron chi connectivity index (χ1n) is 11.9. The van der Waals surface area contributed by atoms with E-state index in [2.05, 4.69) is 50.1 Å². The highest BCUT2D eigenvalue weighted by molar-refractivity contribution is 7.20. The number of benzene rings is 2. The van der Waals surface area contributed by atoms with Gasteiger partial charge >= 0.3 is 0 Å². The Morgan fingerprint density at radius 1 is 0.943 bits per heavy atom. The number of piperazine rings is 1. The molecule has 2 aliphatic rings. The fourth-order valence-corrected chi connectivity index (χ4v) is 6.45. The first-order chi connectivity index (χ1) is 17.1. The van der Waals surface area contributed by atoms with E-state index in [9.17, 15) is 4.79 Å². The third kappa shape index (κ3) is 4.13. The topological polar surface area (TPSA) is 52.6 Å². The normalized spacial score (nSPS) is 16.0. The lowest BCUT2D eigenvalue weighted by Gasteiger charge is -2.36. The van der Waals surface area contributed by atoms with Gasteiger partial charge in [0.15, 0.2) is 0 Å². The molecule has 6 rings (SSSR count). The van der Waals surface area contributed by atoms with Gasteiger partial charge < -0.3 is 14.7 Å². The zero-order chi connectivity index (χ0) is 23.9. The molecule has 4 aromatic rings. The molecule has 0 bridgehead atoms. The number of hydrogen-bond acceptors (Lipinski definition) is 6. The van der Waals surface area contributed by atoms with Crippen LogP contribution in [-0.2, 0) is 13.0 Å². The highest BCUT2D eigenvalue weighted by atomic mass is 35.5. The highest BCUT2D eigenvalue weighted by Gasteiger charge is 2.28. The molecule has 1 fully saturated rings. The monoisotopic (exact) mass is 503 g/mol. The van der Waals surface area contributed by atoms with Crippen molar-refractivity contribution in [1.82, 2.24) is 14.9 Å². The van der Waals surface area contributed by atoms with Gasteiger partial charge in [-0.05, 0) is 48.2 Å². The van der Waals surface area contributed by atoms with E-state index < -0.39 is 0 Å². The molecule has 35 heavy (non-hydrogen) atoms. The van der Waals surface area contributed by atoms with Crippen LogP contribution in [0.25, 0.3) is 10.2 Å². The average Bonchev–Trinajstić information content (AvgIpc) is 3.24. The summed E-state index contributed by atoms with van der Waals surface area (Å²) in [6, 6.07) is 16.5. The Balaban J connectivity index is 1.24. The smallest absolute Gasteiger partial charge is 0.264 e. The summed E-state index contributed by atoms with van der Waals surface area (Å²) in [4.78, 5) is 31.0. The van der Waals surface area contributed by atoms with E-state index in [4.69, 9.17) is 11.6 Å². The number of aryl methyl sites for hydroxylation is 1. The van der Waals surface area contributed by atoms with Gasteiger partial charge in [-0.25, -0.2) is 9.97 Å². The maximum Gasteiger partial charge on any atom is 0.264 e. The van der Waals surface area contributed by atoms with E-state index in [1.54, 1.807) is 6.33 Å². The Hall–Kier alpha value is -3.16. The number of halogens is 1. The lowest BCUT2D eigenvalue weighted by atomic mass is 9.99. The minimum atomic E-state index is 0.0891. The van der Waals surface area contributed by atoms with E-state index >= 15 is 0 Å². The SMILES string of the molecule is Cc1c(C(=O)N2CCN(c3cccc(Cl)c3)CC2)sc2ncnc(N3CCc4ccccc4C3)c12. The van der Waals surface area contributed by atoms with Gasteiger partial charge in [-0.15, -0.1) is 11.3 Å². The van der Waals surface area contributed by atoms with Gasteiger partial charge in [0.2, 0.25) is 0 Å². The van der Waals surface area contributed by atoms with Crippen LogP contribution in [0.4, 0.5) is 11.5 Å². The van der Waals surface area contributed by atoms with Crippen LogP contribution < -0.4 is 9.80 Å². The molecule has 0 unspecified atom stereocenters. The van der Waals surface area contributed by atoms with Crippen LogP contribution in [0.3, 0.4) is 0 Å². The van der Waals surface area contributed by atoms with E-state index in [0.717, 1.165) is 69.8 Å². The predicted octanol–water partition coefficient (Wildman–Crippen LogP) is 5.18. The maximum atomic E-state index is 13.6. The summed E-state index contributed by atoms with van der Waals surface area (Å²) < 4.78 is 0. The van der Waals surface area contributed by atoms with E-state index in [0.29, 0.717) is 13.1 Å². The molecule has 2 aliphatic heterocycles. The molecule has 4 heterocycles. The van der Waals surface area contributed by atoms with Crippen molar-refractivity contribution in [2.75, 3.05) is 42.5 Å². The van der Waals surface area contributed by atoms with Crippen molar-refractivity contribution in [2.24, 2.45) is 0 Å². The second-order valence-electron chi connectivity index (χ2n) is 9.13. The van der Waals surface area contributed by atoms with Crippen molar-refractivity contribution in [3.8, 4) is 0 Å². The summed E-state index contributed by atoms with van der Waals surface area (Å²) in [6.45, 7) is 6.71. The van der Waals surface area contributed by atoms with Gasteiger partial charge in [-0.3, -0.25) is 4.79 Å². The molecular formula is C27H26ClN5OS. The van der Waals surface area contributed by atoms with Gasteiger partial charge in [0, 0.05) is 50.0 Å². The summed E-state index contributed by atoms with van der Waals surface area (Å²) in [5.41, 5.74) is 4.84. The van der Waals surface area contributed by atoms with Crippen molar-refractivity contribution < 1.29 is 4.79 Å². The summed E-state index contributed by atoms with van der Waals surface area (Å²) in [7, 11) is 0. The summed E-state index contributed by atoms with van der Waals surface area (Å²) >= 11 is 7.66. The predicted molar refractivity (Wildman–Crippen MR) is 143 cm³/mol. The highest BCUT2D eigenvalue weighted by Crippen LogP contribution is 2.37. The van der Waals surface area contributed by atoms with Gasteiger partial charge in [0.05, 0.1) is 10.3 Å². The van der Waals surface area contributed by atoms with Crippen LogP contribution in [0.5, 0.6) is 0 Å². The zero-order valence-corrected chi connectivity index (χ0v) is 21.1. The van der Waals surface area contributed by atoms with Crippen molar-refractivity contribution in [1.29, 1.82) is 0 Å². The zero-order valence-electron chi connectivity index (χ0n) is 19.6. The molecule has 2 aromatic carbocycles.